The van der Waals surface area contributed by atoms with Gasteiger partial charge in [0.25, 0.3) is 5.91 Å². The van der Waals surface area contributed by atoms with Gasteiger partial charge in [-0.2, -0.15) is 0 Å². The SMILES string of the molecule is COCCN(CC(=O)O)C(=O)c1ccccc1F. The Labute approximate surface area is 104 Å². The van der Waals surface area contributed by atoms with E-state index in [0.29, 0.717) is 0 Å². The average molecular weight is 255 g/mol. The summed E-state index contributed by atoms with van der Waals surface area (Å²) in [6, 6.07) is 5.45. The molecule has 1 aromatic carbocycles. The van der Waals surface area contributed by atoms with Crippen molar-refractivity contribution in [3.8, 4) is 0 Å². The molecule has 0 radical (unpaired) electrons. The molecular weight excluding hydrogens is 241 g/mol. The first-order chi connectivity index (χ1) is 8.56. The van der Waals surface area contributed by atoms with Crippen LogP contribution in [0.25, 0.3) is 0 Å². The highest BCUT2D eigenvalue weighted by Crippen LogP contribution is 2.09. The lowest BCUT2D eigenvalue weighted by atomic mass is 10.2. The normalized spacial score (nSPS) is 10.1. The molecule has 5 nitrogen and oxygen atoms in total. The van der Waals surface area contributed by atoms with Crippen molar-refractivity contribution in [1.29, 1.82) is 0 Å². The highest BCUT2D eigenvalue weighted by Gasteiger charge is 2.20. The number of halogens is 1. The van der Waals surface area contributed by atoms with E-state index in [1.807, 2.05) is 0 Å². The molecule has 0 unspecified atom stereocenters. The minimum absolute atomic E-state index is 0.0932. The molecule has 0 fully saturated rings. The Bertz CT molecular complexity index is 436. The molecule has 0 saturated carbocycles. The molecule has 0 aromatic heterocycles. The van der Waals surface area contributed by atoms with Crippen molar-refractivity contribution in [2.45, 2.75) is 0 Å². The van der Waals surface area contributed by atoms with Crippen molar-refractivity contribution in [1.82, 2.24) is 4.90 Å². The zero-order chi connectivity index (χ0) is 13.5. The molecule has 98 valence electrons. The summed E-state index contributed by atoms with van der Waals surface area (Å²) in [7, 11) is 1.44. The lowest BCUT2D eigenvalue weighted by molar-refractivity contribution is -0.137. The van der Waals surface area contributed by atoms with E-state index in [1.54, 1.807) is 0 Å². The molecule has 1 amide bonds. The van der Waals surface area contributed by atoms with E-state index < -0.39 is 24.2 Å². The topological polar surface area (TPSA) is 66.8 Å². The summed E-state index contributed by atoms with van der Waals surface area (Å²) >= 11 is 0. The maximum Gasteiger partial charge on any atom is 0.323 e. The summed E-state index contributed by atoms with van der Waals surface area (Å²) in [5.41, 5.74) is -0.144. The van der Waals surface area contributed by atoms with Crippen LogP contribution in [0.4, 0.5) is 4.39 Å². The fourth-order valence-corrected chi connectivity index (χ4v) is 1.42. The van der Waals surface area contributed by atoms with Crippen LogP contribution >= 0.6 is 0 Å². The summed E-state index contributed by atoms with van der Waals surface area (Å²) in [4.78, 5) is 23.7. The van der Waals surface area contributed by atoms with Crippen molar-refractivity contribution >= 4 is 11.9 Å². The average Bonchev–Trinajstić information content (AvgIpc) is 2.34. The third kappa shape index (κ3) is 3.81. The number of amides is 1. The second kappa shape index (κ2) is 6.70. The first-order valence-electron chi connectivity index (χ1n) is 5.30. The van der Waals surface area contributed by atoms with E-state index >= 15 is 0 Å². The van der Waals surface area contributed by atoms with Crippen molar-refractivity contribution in [2.75, 3.05) is 26.8 Å². The van der Waals surface area contributed by atoms with Gasteiger partial charge >= 0.3 is 5.97 Å². The molecule has 0 aliphatic heterocycles. The summed E-state index contributed by atoms with van der Waals surface area (Å²) in [5, 5.41) is 8.72. The Hall–Kier alpha value is -1.95. The standard InChI is InChI=1S/C12H14FNO4/c1-18-7-6-14(8-11(15)16)12(17)9-4-2-3-5-10(9)13/h2-5H,6-8H2,1H3,(H,15,16). The van der Waals surface area contributed by atoms with Crippen LogP contribution in [0.2, 0.25) is 0 Å². The number of hydrogen-bond acceptors (Lipinski definition) is 3. The predicted octanol–water partition coefficient (Wildman–Crippen LogP) is 0.999. The number of carbonyl (C=O) groups excluding carboxylic acids is 1. The minimum Gasteiger partial charge on any atom is -0.480 e. The number of methoxy groups -OCH3 is 1. The first kappa shape index (κ1) is 14.1. The van der Waals surface area contributed by atoms with Gasteiger partial charge in [0.15, 0.2) is 0 Å². The van der Waals surface area contributed by atoms with Gasteiger partial charge < -0.3 is 14.7 Å². The molecule has 6 heteroatoms. The van der Waals surface area contributed by atoms with Crippen LogP contribution in [0.1, 0.15) is 10.4 Å². The van der Waals surface area contributed by atoms with E-state index in [2.05, 4.69) is 0 Å². The number of nitrogens with zero attached hydrogens (tertiary/aromatic N) is 1. The van der Waals surface area contributed by atoms with Gasteiger partial charge in [-0.1, -0.05) is 12.1 Å². The van der Waals surface area contributed by atoms with E-state index in [9.17, 15) is 14.0 Å². The number of aliphatic carboxylic acids is 1. The first-order valence-corrected chi connectivity index (χ1v) is 5.30. The molecule has 0 heterocycles. The number of carbonyl (C=O) groups is 2. The fraction of sp³-hybridized carbons (Fsp3) is 0.333. The van der Waals surface area contributed by atoms with E-state index in [4.69, 9.17) is 9.84 Å². The quantitative estimate of drug-likeness (QED) is 0.823. The van der Waals surface area contributed by atoms with E-state index in [-0.39, 0.29) is 18.7 Å². The molecule has 1 rings (SSSR count). The maximum atomic E-state index is 13.4. The Kier molecular flexibility index (Phi) is 5.26. The smallest absolute Gasteiger partial charge is 0.323 e. The van der Waals surface area contributed by atoms with Gasteiger partial charge in [-0.05, 0) is 12.1 Å². The molecule has 1 N–H and O–H groups in total. The number of ether oxygens (including phenoxy) is 1. The van der Waals surface area contributed by atoms with E-state index in [1.165, 1.54) is 25.3 Å². The molecular formula is C12H14FNO4. The Balaban J connectivity index is 2.87. The van der Waals surface area contributed by atoms with Gasteiger partial charge in [0.1, 0.15) is 12.4 Å². The second-order valence-corrected chi connectivity index (χ2v) is 3.59. The lowest BCUT2D eigenvalue weighted by Gasteiger charge is -2.20. The highest BCUT2D eigenvalue weighted by atomic mass is 19.1. The van der Waals surface area contributed by atoms with Gasteiger partial charge in [-0.3, -0.25) is 9.59 Å². The summed E-state index contributed by atoms with van der Waals surface area (Å²) < 4.78 is 18.2. The number of rotatable bonds is 6. The van der Waals surface area contributed by atoms with Crippen LogP contribution in [-0.2, 0) is 9.53 Å². The third-order valence-corrected chi connectivity index (χ3v) is 2.28. The van der Waals surface area contributed by atoms with Gasteiger partial charge in [-0.15, -0.1) is 0 Å². The van der Waals surface area contributed by atoms with Crippen molar-refractivity contribution in [3.05, 3.63) is 35.6 Å². The molecule has 0 aliphatic carbocycles. The van der Waals surface area contributed by atoms with Crippen molar-refractivity contribution < 1.29 is 23.8 Å². The van der Waals surface area contributed by atoms with Crippen molar-refractivity contribution in [3.63, 3.8) is 0 Å². The third-order valence-electron chi connectivity index (χ3n) is 2.28. The zero-order valence-corrected chi connectivity index (χ0v) is 9.93. The zero-order valence-electron chi connectivity index (χ0n) is 9.93. The Morgan fingerprint density at radius 3 is 2.61 bits per heavy atom. The molecule has 0 spiro atoms. The number of hydrogen-bond donors (Lipinski definition) is 1. The van der Waals surface area contributed by atoms with E-state index in [0.717, 1.165) is 11.0 Å². The summed E-state index contributed by atoms with van der Waals surface area (Å²) in [5.74, 6) is -2.49. The Morgan fingerprint density at radius 1 is 1.39 bits per heavy atom. The molecule has 18 heavy (non-hydrogen) atoms. The lowest BCUT2D eigenvalue weighted by Crippen LogP contribution is -2.38. The van der Waals surface area contributed by atoms with Gasteiger partial charge in [0.05, 0.1) is 12.2 Å². The maximum absolute atomic E-state index is 13.4. The largest absolute Gasteiger partial charge is 0.480 e. The highest BCUT2D eigenvalue weighted by molar-refractivity contribution is 5.96. The fourth-order valence-electron chi connectivity index (χ4n) is 1.42. The Morgan fingerprint density at radius 2 is 2.06 bits per heavy atom. The van der Waals surface area contributed by atoms with Crippen LogP contribution < -0.4 is 0 Å². The molecule has 0 saturated heterocycles. The molecule has 0 bridgehead atoms. The van der Waals surface area contributed by atoms with Crippen LogP contribution in [0, 0.1) is 5.82 Å². The van der Waals surface area contributed by atoms with Gasteiger partial charge in [0, 0.05) is 13.7 Å². The minimum atomic E-state index is -1.16. The number of carboxylic acids is 1. The summed E-state index contributed by atoms with van der Waals surface area (Å²) in [6.07, 6.45) is 0. The number of benzene rings is 1. The molecule has 0 aliphatic rings. The van der Waals surface area contributed by atoms with Gasteiger partial charge in [-0.25, -0.2) is 4.39 Å². The molecule has 0 atom stereocenters. The van der Waals surface area contributed by atoms with Crippen molar-refractivity contribution in [2.24, 2.45) is 0 Å². The monoisotopic (exact) mass is 255 g/mol. The second-order valence-electron chi connectivity index (χ2n) is 3.59. The number of carboxylic acid groups (broad SMARTS) is 1. The van der Waals surface area contributed by atoms with Gasteiger partial charge in [0.2, 0.25) is 0 Å². The van der Waals surface area contributed by atoms with Crippen LogP contribution in [0.15, 0.2) is 24.3 Å². The van der Waals surface area contributed by atoms with Crippen LogP contribution in [0.3, 0.4) is 0 Å². The molecule has 1 aromatic rings. The predicted molar refractivity (Wildman–Crippen MR) is 61.8 cm³/mol. The summed E-state index contributed by atoms with van der Waals surface area (Å²) in [6.45, 7) is -0.208. The van der Waals surface area contributed by atoms with Crippen LogP contribution in [-0.4, -0.2) is 48.7 Å². The van der Waals surface area contributed by atoms with Crippen LogP contribution in [0.5, 0.6) is 0 Å².